The number of unbranched alkanes of at least 4 members (excludes halogenated alkanes) is 1. The number of ether oxygens (including phenoxy) is 3. The third-order valence-electron chi connectivity index (χ3n) is 5.15. The highest BCUT2D eigenvalue weighted by atomic mass is 35.5. The first-order valence-corrected chi connectivity index (χ1v) is 11.1. The third-order valence-corrected chi connectivity index (χ3v) is 5.15. The molecule has 2 rings (SSSR count). The van der Waals surface area contributed by atoms with Gasteiger partial charge in [0.1, 0.15) is 17.2 Å². The number of rotatable bonds is 14. The van der Waals surface area contributed by atoms with Gasteiger partial charge < -0.3 is 24.0 Å². The van der Waals surface area contributed by atoms with E-state index in [1.807, 2.05) is 48.5 Å². The number of halogens is 1. The van der Waals surface area contributed by atoms with Crippen molar-refractivity contribution in [3.63, 3.8) is 0 Å². The number of carbonyl (C=O) groups is 1. The fraction of sp³-hybridized carbons (Fsp3) is 0.480. The van der Waals surface area contributed by atoms with Gasteiger partial charge in [-0.3, -0.25) is 4.79 Å². The molecule has 0 atom stereocenters. The van der Waals surface area contributed by atoms with Crippen LogP contribution in [0.25, 0.3) is 0 Å². The predicted octanol–water partition coefficient (Wildman–Crippen LogP) is 5.05. The van der Waals surface area contributed by atoms with Gasteiger partial charge in [0, 0.05) is 24.8 Å². The van der Waals surface area contributed by atoms with E-state index in [4.69, 9.17) is 14.2 Å². The molecule has 0 radical (unpaired) electrons. The van der Waals surface area contributed by atoms with E-state index in [0.29, 0.717) is 18.9 Å². The van der Waals surface area contributed by atoms with E-state index >= 15 is 0 Å². The minimum Gasteiger partial charge on any atom is -0.497 e. The highest BCUT2D eigenvalue weighted by Gasteiger charge is 2.18. The van der Waals surface area contributed by atoms with Crippen molar-refractivity contribution < 1.29 is 19.0 Å². The lowest BCUT2D eigenvalue weighted by atomic mass is 10.2. The van der Waals surface area contributed by atoms with Crippen LogP contribution in [0.1, 0.15) is 33.6 Å². The molecule has 0 bridgehead atoms. The summed E-state index contributed by atoms with van der Waals surface area (Å²) < 4.78 is 16.8. The molecule has 0 spiro atoms. The van der Waals surface area contributed by atoms with Crippen molar-refractivity contribution in [2.24, 2.45) is 0 Å². The SMILES string of the molecule is CCCCOc1ccc(OCC(=O)N(CCN(CC)CC)c2cccc(OC)c2)cc1.Cl. The molecule has 2 aromatic carbocycles. The smallest absolute Gasteiger partial charge is 0.264 e. The molecule has 2 aromatic rings. The Morgan fingerprint density at radius 1 is 0.875 bits per heavy atom. The number of amides is 1. The Bertz CT molecular complexity index is 782. The van der Waals surface area contributed by atoms with E-state index in [0.717, 1.165) is 49.7 Å². The van der Waals surface area contributed by atoms with Gasteiger partial charge in [-0.15, -0.1) is 12.4 Å². The van der Waals surface area contributed by atoms with Crippen LogP contribution in [0.3, 0.4) is 0 Å². The molecular weight excluding hydrogens is 428 g/mol. The Kier molecular flexibility index (Phi) is 13.3. The van der Waals surface area contributed by atoms with Crippen molar-refractivity contribution in [3.05, 3.63) is 48.5 Å². The maximum atomic E-state index is 13.1. The summed E-state index contributed by atoms with van der Waals surface area (Å²) in [5.41, 5.74) is 0.805. The molecule has 0 saturated heterocycles. The lowest BCUT2D eigenvalue weighted by Crippen LogP contribution is -2.41. The van der Waals surface area contributed by atoms with Crippen LogP contribution in [0.4, 0.5) is 5.69 Å². The third kappa shape index (κ3) is 8.97. The lowest BCUT2D eigenvalue weighted by molar-refractivity contribution is -0.120. The van der Waals surface area contributed by atoms with Crippen LogP contribution < -0.4 is 19.1 Å². The van der Waals surface area contributed by atoms with Gasteiger partial charge in [0.05, 0.1) is 13.7 Å². The van der Waals surface area contributed by atoms with Gasteiger partial charge in [-0.05, 0) is 55.9 Å². The Morgan fingerprint density at radius 2 is 1.53 bits per heavy atom. The number of benzene rings is 2. The zero-order valence-electron chi connectivity index (χ0n) is 19.7. The number of hydrogen-bond donors (Lipinski definition) is 0. The fourth-order valence-corrected chi connectivity index (χ4v) is 3.15. The summed E-state index contributed by atoms with van der Waals surface area (Å²) in [6.45, 7) is 10.3. The molecule has 0 aliphatic rings. The van der Waals surface area contributed by atoms with Crippen molar-refractivity contribution >= 4 is 24.0 Å². The van der Waals surface area contributed by atoms with Gasteiger partial charge >= 0.3 is 0 Å². The summed E-state index contributed by atoms with van der Waals surface area (Å²) >= 11 is 0. The summed E-state index contributed by atoms with van der Waals surface area (Å²) in [6.07, 6.45) is 2.13. The molecule has 7 heteroatoms. The molecule has 0 unspecified atom stereocenters. The quantitative estimate of drug-likeness (QED) is 0.366. The number of likely N-dealkylation sites (N-methyl/N-ethyl adjacent to an activating group) is 1. The van der Waals surface area contributed by atoms with Crippen LogP contribution in [0.15, 0.2) is 48.5 Å². The van der Waals surface area contributed by atoms with E-state index in [9.17, 15) is 4.79 Å². The summed E-state index contributed by atoms with van der Waals surface area (Å²) in [5.74, 6) is 2.08. The number of methoxy groups -OCH3 is 1. The second kappa shape index (κ2) is 15.4. The second-order valence-corrected chi connectivity index (χ2v) is 7.24. The van der Waals surface area contributed by atoms with E-state index < -0.39 is 0 Å². The molecule has 178 valence electrons. The summed E-state index contributed by atoms with van der Waals surface area (Å²) in [7, 11) is 1.62. The number of nitrogens with zero attached hydrogens (tertiary/aromatic N) is 2. The van der Waals surface area contributed by atoms with Gasteiger partial charge in [0.2, 0.25) is 0 Å². The van der Waals surface area contributed by atoms with Gasteiger partial charge in [0.25, 0.3) is 5.91 Å². The van der Waals surface area contributed by atoms with E-state index in [1.165, 1.54) is 0 Å². The van der Waals surface area contributed by atoms with Crippen LogP contribution in [0.2, 0.25) is 0 Å². The Labute approximate surface area is 198 Å². The van der Waals surface area contributed by atoms with Gasteiger partial charge in [-0.2, -0.15) is 0 Å². The molecular formula is C25H37ClN2O4. The molecule has 0 aliphatic carbocycles. The van der Waals surface area contributed by atoms with Gasteiger partial charge in [0.15, 0.2) is 6.61 Å². The molecule has 0 heterocycles. The molecule has 0 saturated carbocycles. The minimum atomic E-state index is -0.0938. The summed E-state index contributed by atoms with van der Waals surface area (Å²) in [6, 6.07) is 15.0. The van der Waals surface area contributed by atoms with Crippen molar-refractivity contribution in [1.29, 1.82) is 0 Å². The maximum Gasteiger partial charge on any atom is 0.264 e. The highest BCUT2D eigenvalue weighted by Crippen LogP contribution is 2.22. The van der Waals surface area contributed by atoms with E-state index in [1.54, 1.807) is 12.0 Å². The van der Waals surface area contributed by atoms with Gasteiger partial charge in [-0.1, -0.05) is 33.3 Å². The Morgan fingerprint density at radius 3 is 2.12 bits per heavy atom. The molecule has 6 nitrogen and oxygen atoms in total. The summed E-state index contributed by atoms with van der Waals surface area (Å²) in [5, 5.41) is 0. The minimum absolute atomic E-state index is 0. The Balaban J connectivity index is 0.00000512. The summed E-state index contributed by atoms with van der Waals surface area (Å²) in [4.78, 5) is 17.1. The monoisotopic (exact) mass is 464 g/mol. The molecule has 0 aliphatic heterocycles. The zero-order chi connectivity index (χ0) is 22.5. The first-order valence-electron chi connectivity index (χ1n) is 11.1. The van der Waals surface area contributed by atoms with Crippen molar-refractivity contribution in [2.75, 3.05) is 51.4 Å². The van der Waals surface area contributed by atoms with Gasteiger partial charge in [-0.25, -0.2) is 0 Å². The fourth-order valence-electron chi connectivity index (χ4n) is 3.15. The number of carbonyl (C=O) groups excluding carboxylic acids is 1. The van der Waals surface area contributed by atoms with Crippen LogP contribution in [0.5, 0.6) is 17.2 Å². The standard InChI is InChI=1S/C25H36N2O4.ClH/c1-5-8-18-30-22-12-14-23(15-13-22)31-20-25(28)27(17-16-26(6-2)7-3)21-10-9-11-24(19-21)29-4;/h9-15,19H,5-8,16-18,20H2,1-4H3;1H. The highest BCUT2D eigenvalue weighted by molar-refractivity contribution is 5.94. The van der Waals surface area contributed by atoms with Crippen LogP contribution in [-0.2, 0) is 4.79 Å². The largest absolute Gasteiger partial charge is 0.497 e. The Hall–Kier alpha value is -2.44. The van der Waals surface area contributed by atoms with E-state index in [-0.39, 0.29) is 24.9 Å². The van der Waals surface area contributed by atoms with Crippen LogP contribution in [-0.4, -0.2) is 57.3 Å². The van der Waals surface area contributed by atoms with Crippen molar-refractivity contribution in [2.45, 2.75) is 33.6 Å². The molecule has 0 fully saturated rings. The average Bonchev–Trinajstić information content (AvgIpc) is 2.81. The first kappa shape index (κ1) is 27.6. The second-order valence-electron chi connectivity index (χ2n) is 7.24. The molecule has 0 aromatic heterocycles. The number of anilines is 1. The van der Waals surface area contributed by atoms with Crippen molar-refractivity contribution in [1.82, 2.24) is 4.90 Å². The van der Waals surface area contributed by atoms with Crippen LogP contribution >= 0.6 is 12.4 Å². The molecule has 1 amide bonds. The van der Waals surface area contributed by atoms with Crippen molar-refractivity contribution in [3.8, 4) is 17.2 Å². The van der Waals surface area contributed by atoms with Crippen LogP contribution in [0, 0.1) is 0 Å². The molecule has 0 N–H and O–H groups in total. The maximum absolute atomic E-state index is 13.1. The normalized spacial score (nSPS) is 10.4. The first-order chi connectivity index (χ1) is 15.1. The topological polar surface area (TPSA) is 51.2 Å². The van der Waals surface area contributed by atoms with E-state index in [2.05, 4.69) is 25.7 Å². The zero-order valence-corrected chi connectivity index (χ0v) is 20.5. The molecule has 32 heavy (non-hydrogen) atoms. The average molecular weight is 465 g/mol. The lowest BCUT2D eigenvalue weighted by Gasteiger charge is -2.27. The number of hydrogen-bond acceptors (Lipinski definition) is 5. The predicted molar refractivity (Wildman–Crippen MR) is 133 cm³/mol.